The fourth-order valence-corrected chi connectivity index (χ4v) is 7.01. The molecule has 4 fully saturated rings. The van der Waals surface area contributed by atoms with Gasteiger partial charge in [0.1, 0.15) is 0 Å². The quantitative estimate of drug-likeness (QED) is 0.511. The van der Waals surface area contributed by atoms with Crippen LogP contribution >= 0.6 is 11.6 Å². The predicted octanol–water partition coefficient (Wildman–Crippen LogP) is 6.80. The molecule has 0 spiro atoms. The minimum absolute atomic E-state index is 0.389. The van der Waals surface area contributed by atoms with Crippen molar-refractivity contribution in [2.75, 3.05) is 0 Å². The molecule has 3 aromatic carbocycles. The molecular weight excluding hydrogens is 364 g/mol. The first-order valence-electron chi connectivity index (χ1n) is 10.6. The highest BCUT2D eigenvalue weighted by Crippen LogP contribution is 2.63. The third kappa shape index (κ3) is 2.36. The Morgan fingerprint density at radius 3 is 2.07 bits per heavy atom. The van der Waals surface area contributed by atoms with Crippen LogP contribution in [0.1, 0.15) is 37.7 Å². The first kappa shape index (κ1) is 17.1. The zero-order valence-electron chi connectivity index (χ0n) is 15.9. The predicted molar refractivity (Wildman–Crippen MR) is 115 cm³/mol. The van der Waals surface area contributed by atoms with E-state index in [0.29, 0.717) is 11.8 Å². The SMILES string of the molecule is OC1(c2c(-c3ccc(Cl)cc3)ccc3ccccc23)C2CC3CC(C2)CC1C3. The van der Waals surface area contributed by atoms with Crippen LogP contribution in [0.4, 0.5) is 0 Å². The molecule has 4 bridgehead atoms. The monoisotopic (exact) mass is 388 g/mol. The van der Waals surface area contributed by atoms with Gasteiger partial charge in [0.25, 0.3) is 0 Å². The largest absolute Gasteiger partial charge is 0.385 e. The van der Waals surface area contributed by atoms with E-state index in [9.17, 15) is 5.11 Å². The standard InChI is InChI=1S/C26H25ClO/c27-22-8-5-19(6-9-22)24-10-7-18-3-1-2-4-23(18)25(24)26(28)20-12-16-11-17(14-20)15-21(26)13-16/h1-10,16-17,20-21,28H,11-15H2. The normalized spacial score (nSPS) is 33.5. The first-order chi connectivity index (χ1) is 13.6. The van der Waals surface area contributed by atoms with E-state index in [1.165, 1.54) is 54.0 Å². The molecule has 0 saturated heterocycles. The minimum atomic E-state index is -0.719. The van der Waals surface area contributed by atoms with Gasteiger partial charge >= 0.3 is 0 Å². The molecule has 0 radical (unpaired) electrons. The molecular formula is C26H25ClO. The summed E-state index contributed by atoms with van der Waals surface area (Å²) in [5.41, 5.74) is 2.77. The molecule has 0 aliphatic heterocycles. The Morgan fingerprint density at radius 1 is 0.750 bits per heavy atom. The number of benzene rings is 3. The smallest absolute Gasteiger partial charge is 0.0964 e. The molecule has 4 aliphatic carbocycles. The molecule has 28 heavy (non-hydrogen) atoms. The van der Waals surface area contributed by atoms with E-state index in [2.05, 4.69) is 48.5 Å². The average molecular weight is 389 g/mol. The number of rotatable bonds is 2. The summed E-state index contributed by atoms with van der Waals surface area (Å²) in [4.78, 5) is 0. The Morgan fingerprint density at radius 2 is 1.39 bits per heavy atom. The third-order valence-corrected chi connectivity index (χ3v) is 8.12. The van der Waals surface area contributed by atoms with Crippen molar-refractivity contribution in [3.63, 3.8) is 0 Å². The molecule has 4 saturated carbocycles. The zero-order chi connectivity index (χ0) is 18.9. The highest BCUT2D eigenvalue weighted by molar-refractivity contribution is 6.30. The molecule has 1 N–H and O–H groups in total. The molecule has 0 unspecified atom stereocenters. The van der Waals surface area contributed by atoms with Crippen LogP contribution < -0.4 is 0 Å². The van der Waals surface area contributed by atoms with Crippen molar-refractivity contribution in [3.05, 3.63) is 71.2 Å². The van der Waals surface area contributed by atoms with Crippen molar-refractivity contribution in [1.82, 2.24) is 0 Å². The van der Waals surface area contributed by atoms with Crippen molar-refractivity contribution in [2.24, 2.45) is 23.7 Å². The summed E-state index contributed by atoms with van der Waals surface area (Å²) in [7, 11) is 0. The van der Waals surface area contributed by atoms with E-state index in [1.54, 1.807) is 0 Å². The number of aliphatic hydroxyl groups is 1. The molecule has 2 heteroatoms. The van der Waals surface area contributed by atoms with Crippen LogP contribution in [0.15, 0.2) is 60.7 Å². The fraction of sp³-hybridized carbons (Fsp3) is 0.385. The van der Waals surface area contributed by atoms with Gasteiger partial charge < -0.3 is 5.11 Å². The second-order valence-electron chi connectivity index (χ2n) is 9.35. The van der Waals surface area contributed by atoms with E-state index in [0.717, 1.165) is 22.4 Å². The molecule has 0 heterocycles. The lowest BCUT2D eigenvalue weighted by atomic mass is 9.48. The van der Waals surface area contributed by atoms with Gasteiger partial charge in [-0.25, -0.2) is 0 Å². The summed E-state index contributed by atoms with van der Waals surface area (Å²) in [6.07, 6.45) is 6.14. The Kier molecular flexibility index (Phi) is 3.71. The Bertz CT molecular complexity index is 1020. The van der Waals surface area contributed by atoms with Crippen LogP contribution in [0, 0.1) is 23.7 Å². The summed E-state index contributed by atoms with van der Waals surface area (Å²) in [5.74, 6) is 2.44. The highest BCUT2D eigenvalue weighted by atomic mass is 35.5. The maximum Gasteiger partial charge on any atom is 0.0964 e. The summed E-state index contributed by atoms with van der Waals surface area (Å²) in [6.45, 7) is 0. The van der Waals surface area contributed by atoms with Crippen LogP contribution in [-0.4, -0.2) is 5.11 Å². The topological polar surface area (TPSA) is 20.2 Å². The Hall–Kier alpha value is -1.83. The maximum atomic E-state index is 12.4. The van der Waals surface area contributed by atoms with E-state index >= 15 is 0 Å². The lowest BCUT2D eigenvalue weighted by Crippen LogP contribution is -2.55. The van der Waals surface area contributed by atoms with Gasteiger partial charge in [0, 0.05) is 5.02 Å². The van der Waals surface area contributed by atoms with Crippen molar-refractivity contribution >= 4 is 22.4 Å². The molecule has 0 atom stereocenters. The third-order valence-electron chi connectivity index (χ3n) is 7.87. The van der Waals surface area contributed by atoms with E-state index < -0.39 is 5.60 Å². The van der Waals surface area contributed by atoms with Crippen LogP contribution in [-0.2, 0) is 5.60 Å². The Balaban J connectivity index is 1.63. The van der Waals surface area contributed by atoms with Gasteiger partial charge in [-0.3, -0.25) is 0 Å². The van der Waals surface area contributed by atoms with Gasteiger partial charge in [0.15, 0.2) is 0 Å². The van der Waals surface area contributed by atoms with Crippen molar-refractivity contribution in [1.29, 1.82) is 0 Å². The van der Waals surface area contributed by atoms with Gasteiger partial charge in [-0.1, -0.05) is 60.1 Å². The van der Waals surface area contributed by atoms with Crippen LogP contribution in [0.3, 0.4) is 0 Å². The minimum Gasteiger partial charge on any atom is -0.385 e. The molecule has 0 amide bonds. The summed E-state index contributed by atoms with van der Waals surface area (Å²) >= 11 is 6.16. The van der Waals surface area contributed by atoms with Crippen molar-refractivity contribution < 1.29 is 5.11 Å². The molecule has 7 rings (SSSR count). The van der Waals surface area contributed by atoms with E-state index in [-0.39, 0.29) is 0 Å². The number of hydrogen-bond donors (Lipinski definition) is 1. The van der Waals surface area contributed by atoms with Crippen molar-refractivity contribution in [3.8, 4) is 11.1 Å². The van der Waals surface area contributed by atoms with Gasteiger partial charge in [-0.15, -0.1) is 0 Å². The first-order valence-corrected chi connectivity index (χ1v) is 11.0. The van der Waals surface area contributed by atoms with E-state index in [4.69, 9.17) is 11.6 Å². The van der Waals surface area contributed by atoms with Crippen LogP contribution in [0.2, 0.25) is 5.02 Å². The molecule has 1 nitrogen and oxygen atoms in total. The molecule has 3 aromatic rings. The van der Waals surface area contributed by atoms with Gasteiger partial charge in [-0.05, 0) is 95.4 Å². The lowest BCUT2D eigenvalue weighted by Gasteiger charge is -2.59. The van der Waals surface area contributed by atoms with Gasteiger partial charge in [0.05, 0.1) is 5.60 Å². The Labute approximate surface area is 171 Å². The lowest BCUT2D eigenvalue weighted by molar-refractivity contribution is -0.178. The molecule has 142 valence electrons. The molecule has 4 aliphatic rings. The van der Waals surface area contributed by atoms with Gasteiger partial charge in [-0.2, -0.15) is 0 Å². The number of hydrogen-bond acceptors (Lipinski definition) is 1. The highest BCUT2D eigenvalue weighted by Gasteiger charge is 2.58. The number of fused-ring (bicyclic) bond motifs is 1. The van der Waals surface area contributed by atoms with Crippen LogP contribution in [0.5, 0.6) is 0 Å². The maximum absolute atomic E-state index is 12.4. The van der Waals surface area contributed by atoms with Gasteiger partial charge in [0.2, 0.25) is 0 Å². The van der Waals surface area contributed by atoms with Crippen molar-refractivity contribution in [2.45, 2.75) is 37.7 Å². The summed E-state index contributed by atoms with van der Waals surface area (Å²) < 4.78 is 0. The summed E-state index contributed by atoms with van der Waals surface area (Å²) in [5, 5.41) is 15.6. The fourth-order valence-electron chi connectivity index (χ4n) is 6.88. The number of halogens is 1. The second-order valence-corrected chi connectivity index (χ2v) is 9.78. The molecule has 0 aromatic heterocycles. The average Bonchev–Trinajstić information content (AvgIpc) is 2.71. The zero-order valence-corrected chi connectivity index (χ0v) is 16.7. The summed E-state index contributed by atoms with van der Waals surface area (Å²) in [6, 6.07) is 21.1. The van der Waals surface area contributed by atoms with E-state index in [1.807, 2.05) is 12.1 Å². The van der Waals surface area contributed by atoms with Crippen LogP contribution in [0.25, 0.3) is 21.9 Å². The second kappa shape index (κ2) is 6.08.